The van der Waals surface area contributed by atoms with Gasteiger partial charge in [0.25, 0.3) is 0 Å². The van der Waals surface area contributed by atoms with E-state index in [4.69, 9.17) is 28.7 Å². The van der Waals surface area contributed by atoms with E-state index in [1.54, 1.807) is 0 Å². The number of amides is 10. The van der Waals surface area contributed by atoms with Crippen LogP contribution in [-0.4, -0.2) is 194 Å². The lowest BCUT2D eigenvalue weighted by atomic mass is 9.94. The Morgan fingerprint density at radius 1 is 0.627 bits per heavy atom. The number of aldehydes is 1. The number of carbonyl (C=O) groups excluding carboxylic acids is 11. The normalized spacial score (nSPS) is 24.2. The van der Waals surface area contributed by atoms with Crippen molar-refractivity contribution >= 4 is 65.4 Å². The van der Waals surface area contributed by atoms with Gasteiger partial charge in [0.2, 0.25) is 59.1 Å². The van der Waals surface area contributed by atoms with Gasteiger partial charge in [-0.25, -0.2) is 0 Å². The maximum atomic E-state index is 14.6. The smallest absolute Gasteiger partial charge is 0.245 e. The van der Waals surface area contributed by atoms with Crippen molar-refractivity contribution in [3.63, 3.8) is 0 Å². The Hall–Kier alpha value is -5.95. The van der Waals surface area contributed by atoms with Crippen LogP contribution in [0, 0.1) is 17.8 Å². The van der Waals surface area contributed by atoms with Crippen molar-refractivity contribution in [3.05, 3.63) is 0 Å². The molecule has 1 saturated heterocycles. The predicted octanol–water partition coefficient (Wildman–Crippen LogP) is -5.40. The van der Waals surface area contributed by atoms with Gasteiger partial charge < -0.3 is 102 Å². The second-order valence-electron chi connectivity index (χ2n) is 22.5. The maximum absolute atomic E-state index is 14.6. The number of aliphatic hydroxyl groups excluding tert-OH is 2. The van der Waals surface area contributed by atoms with Gasteiger partial charge in [-0.1, -0.05) is 60.8 Å². The summed E-state index contributed by atoms with van der Waals surface area (Å²) in [7, 11) is 0. The molecular formula is C54H102N16O13. The molecule has 476 valence electrons. The van der Waals surface area contributed by atoms with Gasteiger partial charge in [-0.05, 0) is 122 Å². The summed E-state index contributed by atoms with van der Waals surface area (Å²) in [4.78, 5) is 152. The monoisotopic (exact) mass is 1180 g/mol. The van der Waals surface area contributed by atoms with Gasteiger partial charge in [0, 0.05) is 19.5 Å². The Bertz CT molecular complexity index is 2090. The molecule has 0 radical (unpaired) electrons. The lowest BCUT2D eigenvalue weighted by Gasteiger charge is -2.34. The molecular weight excluding hydrogens is 1080 g/mol. The van der Waals surface area contributed by atoms with Gasteiger partial charge in [0.05, 0.1) is 18.2 Å². The molecule has 13 atom stereocenters. The second-order valence-corrected chi connectivity index (χ2v) is 22.5. The van der Waals surface area contributed by atoms with Crippen LogP contribution in [0.4, 0.5) is 0 Å². The van der Waals surface area contributed by atoms with Crippen molar-refractivity contribution < 1.29 is 63.0 Å². The van der Waals surface area contributed by atoms with E-state index >= 15 is 0 Å². The van der Waals surface area contributed by atoms with E-state index in [9.17, 15) is 63.0 Å². The third kappa shape index (κ3) is 27.5. The maximum Gasteiger partial charge on any atom is 0.245 e. The third-order valence-corrected chi connectivity index (χ3v) is 14.1. The van der Waals surface area contributed by atoms with E-state index < -0.39 is 151 Å². The first-order valence-corrected chi connectivity index (χ1v) is 29.2. The van der Waals surface area contributed by atoms with Crippen molar-refractivity contribution in [2.45, 2.75) is 211 Å². The molecule has 0 aromatic carbocycles. The number of nitrogens with one attached hydrogen (secondary N) is 11. The van der Waals surface area contributed by atoms with E-state index in [1.165, 1.54) is 13.8 Å². The van der Waals surface area contributed by atoms with Gasteiger partial charge in [0.1, 0.15) is 60.2 Å². The number of hydrogen-bond donors (Lipinski definition) is 18. The molecule has 0 saturated carbocycles. The van der Waals surface area contributed by atoms with Crippen molar-refractivity contribution in [1.29, 1.82) is 0 Å². The molecule has 1 rings (SSSR count). The summed E-state index contributed by atoms with van der Waals surface area (Å²) in [6, 6.07) is -12.8. The van der Waals surface area contributed by atoms with Gasteiger partial charge in [0.15, 0.2) is 0 Å². The van der Waals surface area contributed by atoms with Crippen LogP contribution in [0.1, 0.15) is 139 Å². The van der Waals surface area contributed by atoms with E-state index in [0.717, 1.165) is 19.3 Å². The summed E-state index contributed by atoms with van der Waals surface area (Å²) in [5.74, 6) is -8.38. The first kappa shape index (κ1) is 75.1. The lowest BCUT2D eigenvalue weighted by Crippen LogP contribution is -2.64. The van der Waals surface area contributed by atoms with E-state index in [0.29, 0.717) is 18.6 Å². The zero-order chi connectivity index (χ0) is 63.0. The minimum Gasteiger partial charge on any atom is -0.391 e. The summed E-state index contributed by atoms with van der Waals surface area (Å²) in [6.07, 6.45) is -0.238. The number of carbonyl (C=O) groups is 11. The number of nitrogens with two attached hydrogens (primary N) is 5. The van der Waals surface area contributed by atoms with Gasteiger partial charge in [-0.15, -0.1) is 0 Å². The van der Waals surface area contributed by atoms with Crippen LogP contribution in [0.2, 0.25) is 0 Å². The second kappa shape index (κ2) is 39.6. The molecule has 0 aliphatic carbocycles. The summed E-state index contributed by atoms with van der Waals surface area (Å²) >= 11 is 0. The molecule has 2 unspecified atom stereocenters. The van der Waals surface area contributed by atoms with Gasteiger partial charge >= 0.3 is 0 Å². The fourth-order valence-corrected chi connectivity index (χ4v) is 9.06. The fourth-order valence-electron chi connectivity index (χ4n) is 9.06. The Morgan fingerprint density at radius 2 is 1.16 bits per heavy atom. The van der Waals surface area contributed by atoms with Crippen LogP contribution in [0.5, 0.6) is 0 Å². The van der Waals surface area contributed by atoms with E-state index in [2.05, 4.69) is 72.3 Å². The van der Waals surface area contributed by atoms with Gasteiger partial charge in [-0.3, -0.25) is 47.9 Å². The molecule has 0 spiro atoms. The van der Waals surface area contributed by atoms with Crippen LogP contribution >= 0.6 is 0 Å². The zero-order valence-electron chi connectivity index (χ0n) is 50.1. The minimum atomic E-state index is -1.88. The molecule has 0 aromatic heterocycles. The fraction of sp³-hybridized carbons (Fsp3) is 0.796. The molecule has 1 heterocycles. The molecule has 1 aliphatic heterocycles. The zero-order valence-corrected chi connectivity index (χ0v) is 50.1. The molecule has 10 amide bonds. The van der Waals surface area contributed by atoms with Crippen molar-refractivity contribution in [2.24, 2.45) is 46.4 Å². The number of hydrogen-bond acceptors (Lipinski definition) is 19. The Morgan fingerprint density at radius 3 is 1.66 bits per heavy atom. The van der Waals surface area contributed by atoms with Crippen LogP contribution in [0.25, 0.3) is 0 Å². The van der Waals surface area contributed by atoms with E-state index in [-0.39, 0.29) is 95.9 Å². The van der Waals surface area contributed by atoms with E-state index in [1.807, 2.05) is 27.7 Å². The summed E-state index contributed by atoms with van der Waals surface area (Å²) in [6.45, 7) is 12.3. The standard InChI is InChI=1S/C54H102N16O13/c1-9-32(6)12-10-11-13-42(74)62-35(14-20-55)47(77)69-44(34(8)73)53(83)66-37(16-22-57)46(76)65-39-18-25-60-52(82)43(33(7)72)68-48(78)38(17-23-58)63-45(75)36(15-21-56)64-50(80)41(27-31(4)5)67-49(79)40(26-30(2)3)61-28-54(29-71,19-24-59)70-51(39)81/h29-41,43-44,61,72-73H,9-28,55-59H2,1-8H3,(H,60,82)(H,62,74)(H,63,75)(H,64,80)(H,65,76)(H,66,83)(H,67,79)(H,68,78)(H,69,77)(H,70,81)/t32-,33?,34?,35-,36-,37-,38-,39-,40+,41-,43-,44-,54-/m0/s1. The number of aliphatic hydroxyl groups is 2. The largest absolute Gasteiger partial charge is 0.391 e. The Labute approximate surface area is 488 Å². The quantitative estimate of drug-likeness (QED) is 0.0236. The minimum absolute atomic E-state index is 0.0141. The molecule has 0 bridgehead atoms. The summed E-state index contributed by atoms with van der Waals surface area (Å²) in [5.41, 5.74) is 27.5. The molecule has 0 aromatic rings. The highest BCUT2D eigenvalue weighted by Crippen LogP contribution is 2.15. The highest BCUT2D eigenvalue weighted by molar-refractivity contribution is 5.98. The molecule has 23 N–H and O–H groups in total. The summed E-state index contributed by atoms with van der Waals surface area (Å²) in [5, 5.41) is 50.2. The van der Waals surface area contributed by atoms with Crippen LogP contribution in [-0.2, 0) is 52.7 Å². The Balaban J connectivity index is 3.87. The summed E-state index contributed by atoms with van der Waals surface area (Å²) < 4.78 is 0. The third-order valence-electron chi connectivity index (χ3n) is 14.1. The van der Waals surface area contributed by atoms with Gasteiger partial charge in [-0.2, -0.15) is 0 Å². The number of rotatable bonds is 30. The van der Waals surface area contributed by atoms with Crippen LogP contribution in [0.15, 0.2) is 0 Å². The molecule has 1 aliphatic rings. The topological polar surface area (TPSA) is 491 Å². The first-order valence-electron chi connectivity index (χ1n) is 29.2. The van der Waals surface area contributed by atoms with Crippen molar-refractivity contribution in [3.8, 4) is 0 Å². The van der Waals surface area contributed by atoms with Crippen LogP contribution < -0.4 is 87.2 Å². The first-order chi connectivity index (χ1) is 39.2. The SMILES string of the molecule is CC[C@H](C)CCCCC(=O)N[C@@H](CCN)C(=O)N[C@H](C(=O)N[C@@H](CCN)C(=O)N[C@H]1CCNC(=O)[C@H](C(C)O)NC(=O)[C@H](CCN)NC(=O)[C@H](CCN)NC(=O)[C@H](CC(C)C)NC(=O)[C@@H](CC(C)C)NC[C@](C=O)(CCN)NC1=O)C(C)O. The average Bonchev–Trinajstić information content (AvgIpc) is 3.41. The molecule has 83 heavy (non-hydrogen) atoms. The number of unbranched alkanes of at least 4 members (excludes halogenated alkanes) is 1. The van der Waals surface area contributed by atoms with Crippen LogP contribution in [0.3, 0.4) is 0 Å². The highest BCUT2D eigenvalue weighted by atomic mass is 16.3. The molecule has 1 fully saturated rings. The van der Waals surface area contributed by atoms with Crippen molar-refractivity contribution in [2.75, 3.05) is 45.8 Å². The molecule has 29 heteroatoms. The van der Waals surface area contributed by atoms with Crippen molar-refractivity contribution in [1.82, 2.24) is 58.5 Å². The predicted molar refractivity (Wildman–Crippen MR) is 310 cm³/mol. The highest BCUT2D eigenvalue weighted by Gasteiger charge is 2.39. The average molecular weight is 1180 g/mol. The lowest BCUT2D eigenvalue weighted by molar-refractivity contribution is -0.136. The molecule has 29 nitrogen and oxygen atoms in total. The Kier molecular flexibility index (Phi) is 35.8.